The van der Waals surface area contributed by atoms with Crippen LogP contribution in [-0.4, -0.2) is 23.9 Å². The molecule has 1 fully saturated rings. The molecule has 2 aromatic carbocycles. The van der Waals surface area contributed by atoms with Gasteiger partial charge in [-0.05, 0) is 56.1 Å². The molecule has 4 heteroatoms. The molecule has 25 heavy (non-hydrogen) atoms. The summed E-state index contributed by atoms with van der Waals surface area (Å²) in [5.41, 5.74) is 2.24. The monoisotopic (exact) mass is 340 g/mol. The fourth-order valence-electron chi connectivity index (χ4n) is 3.36. The van der Waals surface area contributed by atoms with Gasteiger partial charge in [-0.2, -0.15) is 0 Å². The number of likely N-dealkylation sites (tertiary alicyclic amines) is 1. The van der Waals surface area contributed by atoms with Crippen molar-refractivity contribution in [2.45, 2.75) is 32.4 Å². The average Bonchev–Trinajstić information content (AvgIpc) is 2.65. The van der Waals surface area contributed by atoms with Crippen molar-refractivity contribution in [2.75, 3.05) is 13.1 Å². The largest absolute Gasteiger partial charge is 0.349 e. The molecule has 1 unspecified atom stereocenters. The number of carbonyl (C=O) groups is 1. The lowest BCUT2D eigenvalue weighted by molar-refractivity contribution is -0.127. The van der Waals surface area contributed by atoms with E-state index in [1.54, 1.807) is 0 Å². The molecule has 1 aliphatic heterocycles. The van der Waals surface area contributed by atoms with Gasteiger partial charge in [0.05, 0.1) is 6.04 Å². The van der Waals surface area contributed by atoms with Crippen LogP contribution in [-0.2, 0) is 11.3 Å². The maximum absolute atomic E-state index is 13.0. The van der Waals surface area contributed by atoms with Crippen LogP contribution < -0.4 is 5.32 Å². The lowest BCUT2D eigenvalue weighted by Crippen LogP contribution is -2.40. The second-order valence-electron chi connectivity index (χ2n) is 6.82. The number of nitrogens with zero attached hydrogens (tertiary/aromatic N) is 1. The van der Waals surface area contributed by atoms with Crippen LogP contribution >= 0.6 is 0 Å². The van der Waals surface area contributed by atoms with Crippen molar-refractivity contribution in [3.63, 3.8) is 0 Å². The van der Waals surface area contributed by atoms with Crippen LogP contribution in [0.25, 0.3) is 0 Å². The van der Waals surface area contributed by atoms with Gasteiger partial charge in [-0.1, -0.05) is 42.5 Å². The highest BCUT2D eigenvalue weighted by Gasteiger charge is 2.25. The molecule has 1 saturated heterocycles. The number of rotatable bonds is 5. The van der Waals surface area contributed by atoms with Crippen LogP contribution in [0.3, 0.4) is 0 Å². The third-order valence-electron chi connectivity index (χ3n) is 4.94. The standard InChI is InChI=1S/C21H25FN2O/c1-16(18-5-3-2-4-6-18)23-21(25)19-11-13-24(14-12-19)15-17-7-9-20(22)10-8-17/h2-10,16,19H,11-15H2,1H3,(H,23,25). The predicted octanol–water partition coefficient (Wildman–Crippen LogP) is 3.92. The molecule has 0 aromatic heterocycles. The van der Waals surface area contributed by atoms with E-state index in [0.29, 0.717) is 0 Å². The quantitative estimate of drug-likeness (QED) is 0.895. The van der Waals surface area contributed by atoms with E-state index in [9.17, 15) is 9.18 Å². The van der Waals surface area contributed by atoms with E-state index >= 15 is 0 Å². The smallest absolute Gasteiger partial charge is 0.223 e. The molecule has 1 N–H and O–H groups in total. The maximum atomic E-state index is 13.0. The van der Waals surface area contributed by atoms with Gasteiger partial charge in [-0.3, -0.25) is 9.69 Å². The number of halogens is 1. The van der Waals surface area contributed by atoms with Crippen molar-refractivity contribution in [1.29, 1.82) is 0 Å². The zero-order valence-electron chi connectivity index (χ0n) is 14.6. The van der Waals surface area contributed by atoms with E-state index in [0.717, 1.165) is 43.6 Å². The van der Waals surface area contributed by atoms with Crippen molar-refractivity contribution in [1.82, 2.24) is 10.2 Å². The summed E-state index contributed by atoms with van der Waals surface area (Å²) in [6.07, 6.45) is 1.74. The molecule has 3 rings (SSSR count). The molecule has 0 aliphatic carbocycles. The fourth-order valence-corrected chi connectivity index (χ4v) is 3.36. The van der Waals surface area contributed by atoms with E-state index in [4.69, 9.17) is 0 Å². The van der Waals surface area contributed by atoms with Gasteiger partial charge in [-0.15, -0.1) is 0 Å². The number of hydrogen-bond acceptors (Lipinski definition) is 2. The Bertz CT molecular complexity index is 679. The van der Waals surface area contributed by atoms with Gasteiger partial charge in [0.25, 0.3) is 0 Å². The molecule has 2 aromatic rings. The van der Waals surface area contributed by atoms with Gasteiger partial charge in [0, 0.05) is 12.5 Å². The summed E-state index contributed by atoms with van der Waals surface area (Å²) < 4.78 is 13.0. The topological polar surface area (TPSA) is 32.3 Å². The molecule has 0 spiro atoms. The van der Waals surface area contributed by atoms with Crippen molar-refractivity contribution in [3.8, 4) is 0 Å². The van der Waals surface area contributed by atoms with Crippen molar-refractivity contribution < 1.29 is 9.18 Å². The Kier molecular flexibility index (Phi) is 5.82. The van der Waals surface area contributed by atoms with E-state index in [2.05, 4.69) is 10.2 Å². The highest BCUT2D eigenvalue weighted by atomic mass is 19.1. The molecule has 0 radical (unpaired) electrons. The molecular formula is C21H25FN2O. The number of benzene rings is 2. The summed E-state index contributed by atoms with van der Waals surface area (Å²) in [5.74, 6) is 0.0279. The zero-order chi connectivity index (χ0) is 17.6. The Morgan fingerprint density at radius 1 is 1.12 bits per heavy atom. The van der Waals surface area contributed by atoms with E-state index in [1.807, 2.05) is 49.4 Å². The number of piperidine rings is 1. The summed E-state index contributed by atoms with van der Waals surface area (Å²) in [7, 11) is 0. The van der Waals surface area contributed by atoms with Crippen LogP contribution in [0.4, 0.5) is 4.39 Å². The Morgan fingerprint density at radius 2 is 1.76 bits per heavy atom. The van der Waals surface area contributed by atoms with Gasteiger partial charge in [-0.25, -0.2) is 4.39 Å². The first-order chi connectivity index (χ1) is 12.1. The van der Waals surface area contributed by atoms with Gasteiger partial charge in [0.2, 0.25) is 5.91 Å². The highest BCUT2D eigenvalue weighted by Crippen LogP contribution is 2.21. The van der Waals surface area contributed by atoms with Crippen LogP contribution in [0.15, 0.2) is 54.6 Å². The summed E-state index contributed by atoms with van der Waals surface area (Å²) >= 11 is 0. The Morgan fingerprint density at radius 3 is 2.40 bits per heavy atom. The van der Waals surface area contributed by atoms with Gasteiger partial charge in [0.1, 0.15) is 5.82 Å². The number of carbonyl (C=O) groups excluding carboxylic acids is 1. The first-order valence-electron chi connectivity index (χ1n) is 8.94. The lowest BCUT2D eigenvalue weighted by Gasteiger charge is -2.32. The number of amides is 1. The number of hydrogen-bond donors (Lipinski definition) is 1. The molecule has 1 heterocycles. The van der Waals surface area contributed by atoms with Crippen LogP contribution in [0.2, 0.25) is 0 Å². The maximum Gasteiger partial charge on any atom is 0.223 e. The lowest BCUT2D eigenvalue weighted by atomic mass is 9.95. The first-order valence-corrected chi connectivity index (χ1v) is 8.94. The molecular weight excluding hydrogens is 315 g/mol. The van der Waals surface area contributed by atoms with Crippen LogP contribution in [0.5, 0.6) is 0 Å². The minimum absolute atomic E-state index is 0.0333. The Labute approximate surface area is 148 Å². The zero-order valence-corrected chi connectivity index (χ0v) is 14.6. The molecule has 1 atom stereocenters. The molecule has 132 valence electrons. The van der Waals surface area contributed by atoms with Crippen LogP contribution in [0, 0.1) is 11.7 Å². The first kappa shape index (κ1) is 17.6. The SMILES string of the molecule is CC(NC(=O)C1CCN(Cc2ccc(F)cc2)CC1)c1ccccc1. The van der Waals surface area contributed by atoms with Gasteiger partial charge >= 0.3 is 0 Å². The molecule has 0 bridgehead atoms. The fraction of sp³-hybridized carbons (Fsp3) is 0.381. The third-order valence-corrected chi connectivity index (χ3v) is 4.94. The normalized spacial score (nSPS) is 17.2. The minimum atomic E-state index is -0.202. The molecule has 3 nitrogen and oxygen atoms in total. The molecule has 1 amide bonds. The van der Waals surface area contributed by atoms with E-state index in [1.165, 1.54) is 12.1 Å². The summed E-state index contributed by atoms with van der Waals surface area (Å²) in [6.45, 7) is 4.64. The van der Waals surface area contributed by atoms with Gasteiger partial charge < -0.3 is 5.32 Å². The summed E-state index contributed by atoms with van der Waals surface area (Å²) in [6, 6.07) is 16.7. The Balaban J connectivity index is 1.46. The summed E-state index contributed by atoms with van der Waals surface area (Å²) in [4.78, 5) is 14.8. The highest BCUT2D eigenvalue weighted by molar-refractivity contribution is 5.79. The third kappa shape index (κ3) is 4.89. The van der Waals surface area contributed by atoms with Crippen molar-refractivity contribution >= 4 is 5.91 Å². The molecule has 1 aliphatic rings. The minimum Gasteiger partial charge on any atom is -0.349 e. The predicted molar refractivity (Wildman–Crippen MR) is 97.4 cm³/mol. The molecule has 0 saturated carbocycles. The van der Waals surface area contributed by atoms with E-state index in [-0.39, 0.29) is 23.7 Å². The second kappa shape index (κ2) is 8.26. The second-order valence-corrected chi connectivity index (χ2v) is 6.82. The average molecular weight is 340 g/mol. The van der Waals surface area contributed by atoms with Gasteiger partial charge in [0.15, 0.2) is 0 Å². The van der Waals surface area contributed by atoms with Crippen molar-refractivity contribution in [2.24, 2.45) is 5.92 Å². The summed E-state index contributed by atoms with van der Waals surface area (Å²) in [5, 5.41) is 3.14. The van der Waals surface area contributed by atoms with Crippen LogP contribution in [0.1, 0.15) is 36.9 Å². The Hall–Kier alpha value is -2.20. The number of nitrogens with one attached hydrogen (secondary N) is 1. The van der Waals surface area contributed by atoms with E-state index < -0.39 is 0 Å². The van der Waals surface area contributed by atoms with Crippen molar-refractivity contribution in [3.05, 3.63) is 71.5 Å².